The average molecular weight is 435 g/mol. The monoisotopic (exact) mass is 434 g/mol. The smallest absolute Gasteiger partial charge is 0.320 e. The fourth-order valence-corrected chi connectivity index (χ4v) is 4.69. The van der Waals surface area contributed by atoms with E-state index in [4.69, 9.17) is 18.9 Å². The lowest BCUT2D eigenvalue weighted by Gasteiger charge is -2.37. The molecule has 2 aliphatic rings. The van der Waals surface area contributed by atoms with Gasteiger partial charge in [-0.25, -0.2) is 0 Å². The topological polar surface area (TPSA) is 60.5 Å². The summed E-state index contributed by atoms with van der Waals surface area (Å²) in [5, 5.41) is 0. The Kier molecular flexibility index (Phi) is 8.99. The van der Waals surface area contributed by atoms with Gasteiger partial charge in [0.15, 0.2) is 11.5 Å². The van der Waals surface area contributed by atoms with Crippen molar-refractivity contribution >= 4 is 5.97 Å². The highest BCUT2D eigenvalue weighted by molar-refractivity contribution is 5.71. The fourth-order valence-electron chi connectivity index (χ4n) is 4.69. The summed E-state index contributed by atoms with van der Waals surface area (Å²) in [4.78, 5) is 16.3. The summed E-state index contributed by atoms with van der Waals surface area (Å²) in [7, 11) is 7.07. The van der Waals surface area contributed by atoms with Gasteiger partial charge in [0.25, 0.3) is 0 Å². The van der Waals surface area contributed by atoms with Crippen molar-refractivity contribution in [2.45, 2.75) is 56.8 Å². The molecule has 1 saturated carbocycles. The first-order valence-corrected chi connectivity index (χ1v) is 11.4. The number of carbonyl (C=O) groups excluding carboxylic acids is 1. The van der Waals surface area contributed by atoms with Crippen LogP contribution in [0.5, 0.6) is 11.5 Å². The van der Waals surface area contributed by atoms with Gasteiger partial charge in [0.2, 0.25) is 0 Å². The van der Waals surface area contributed by atoms with Crippen molar-refractivity contribution in [2.75, 3.05) is 54.6 Å². The van der Waals surface area contributed by atoms with Crippen molar-refractivity contribution in [1.82, 2.24) is 9.80 Å². The second-order valence-corrected chi connectivity index (χ2v) is 8.83. The van der Waals surface area contributed by atoms with Crippen LogP contribution in [0.1, 0.15) is 37.7 Å². The van der Waals surface area contributed by atoms with Gasteiger partial charge in [-0.2, -0.15) is 0 Å². The zero-order chi connectivity index (χ0) is 22.2. The van der Waals surface area contributed by atoms with Gasteiger partial charge >= 0.3 is 5.97 Å². The molecule has 0 amide bonds. The molecule has 0 unspecified atom stereocenters. The van der Waals surface area contributed by atoms with Crippen LogP contribution in [0.2, 0.25) is 0 Å². The molecule has 3 rings (SSSR count). The van der Waals surface area contributed by atoms with E-state index in [0.717, 1.165) is 50.3 Å². The van der Waals surface area contributed by atoms with E-state index in [1.165, 1.54) is 18.4 Å². The Labute approximate surface area is 186 Å². The molecule has 0 aromatic heterocycles. The molecule has 0 radical (unpaired) electrons. The molecule has 0 bridgehead atoms. The largest absolute Gasteiger partial charge is 0.493 e. The van der Waals surface area contributed by atoms with Crippen molar-refractivity contribution in [3.8, 4) is 11.5 Å². The summed E-state index contributed by atoms with van der Waals surface area (Å²) in [6.45, 7) is 2.81. The van der Waals surface area contributed by atoms with E-state index in [9.17, 15) is 4.79 Å². The fraction of sp³-hybridized carbons (Fsp3) is 0.708. The molecule has 0 N–H and O–H groups in total. The number of esters is 1. The molecule has 1 heterocycles. The summed E-state index contributed by atoms with van der Waals surface area (Å²) in [6, 6.07) is 6.44. The third kappa shape index (κ3) is 6.82. The third-order valence-electron chi connectivity index (χ3n) is 6.23. The molecular weight excluding hydrogens is 396 g/mol. The third-order valence-corrected chi connectivity index (χ3v) is 6.23. The van der Waals surface area contributed by atoms with Crippen molar-refractivity contribution in [3.63, 3.8) is 0 Å². The zero-order valence-electron chi connectivity index (χ0n) is 19.5. The predicted octanol–water partition coefficient (Wildman–Crippen LogP) is 2.75. The highest BCUT2D eigenvalue weighted by Crippen LogP contribution is 2.30. The number of benzene rings is 1. The first kappa shape index (κ1) is 23.8. The molecule has 7 nitrogen and oxygen atoms in total. The molecule has 1 aliphatic carbocycles. The van der Waals surface area contributed by atoms with Crippen LogP contribution in [0.15, 0.2) is 18.2 Å². The van der Waals surface area contributed by atoms with E-state index >= 15 is 0 Å². The zero-order valence-corrected chi connectivity index (χ0v) is 19.5. The van der Waals surface area contributed by atoms with Crippen LogP contribution in [0.25, 0.3) is 0 Å². The van der Waals surface area contributed by atoms with Crippen LogP contribution in [-0.4, -0.2) is 88.6 Å². The summed E-state index contributed by atoms with van der Waals surface area (Å²) in [5.41, 5.74) is 1.18. The highest BCUT2D eigenvalue weighted by atomic mass is 16.5. The van der Waals surface area contributed by atoms with Gasteiger partial charge in [-0.1, -0.05) is 18.9 Å². The molecule has 174 valence electrons. The van der Waals surface area contributed by atoms with Gasteiger partial charge < -0.3 is 18.9 Å². The number of carbonyl (C=O) groups is 1. The Balaban J connectivity index is 1.49. The lowest BCUT2D eigenvalue weighted by Crippen LogP contribution is -2.46. The molecule has 1 aromatic rings. The quantitative estimate of drug-likeness (QED) is 0.525. The SMILES string of the molecule is COc1ccc(CCO[C@@H]2CCCC[C@@H]2N2CC[C@H](OC(=O)CN(C)C)C2)cc1OC. The number of rotatable bonds is 10. The van der Waals surface area contributed by atoms with Crippen LogP contribution in [0, 0.1) is 0 Å². The molecule has 0 spiro atoms. The lowest BCUT2D eigenvalue weighted by molar-refractivity contribution is -0.149. The first-order chi connectivity index (χ1) is 15.0. The second-order valence-electron chi connectivity index (χ2n) is 8.83. The van der Waals surface area contributed by atoms with E-state index < -0.39 is 0 Å². The second kappa shape index (κ2) is 11.7. The molecule has 31 heavy (non-hydrogen) atoms. The normalized spacial score (nSPS) is 24.4. The molecule has 3 atom stereocenters. The van der Waals surface area contributed by atoms with Gasteiger partial charge in [-0.3, -0.25) is 14.6 Å². The Morgan fingerprint density at radius 3 is 2.61 bits per heavy atom. The van der Waals surface area contributed by atoms with E-state index in [0.29, 0.717) is 19.2 Å². The maximum absolute atomic E-state index is 12.0. The van der Waals surface area contributed by atoms with Gasteiger partial charge in [-0.05, 0) is 57.5 Å². The number of hydrogen-bond donors (Lipinski definition) is 0. The number of likely N-dealkylation sites (N-methyl/N-ethyl adjacent to an activating group) is 1. The van der Waals surface area contributed by atoms with Crippen LogP contribution < -0.4 is 9.47 Å². The molecule has 1 saturated heterocycles. The number of methoxy groups -OCH3 is 2. The Morgan fingerprint density at radius 1 is 1.10 bits per heavy atom. The Morgan fingerprint density at radius 2 is 1.87 bits per heavy atom. The van der Waals surface area contributed by atoms with Crippen molar-refractivity contribution in [2.24, 2.45) is 0 Å². The van der Waals surface area contributed by atoms with Gasteiger partial charge in [0, 0.05) is 19.1 Å². The summed E-state index contributed by atoms with van der Waals surface area (Å²) < 4.78 is 22.8. The maximum atomic E-state index is 12.0. The number of hydrogen-bond acceptors (Lipinski definition) is 7. The predicted molar refractivity (Wildman–Crippen MR) is 120 cm³/mol. The van der Waals surface area contributed by atoms with Crippen LogP contribution in [-0.2, 0) is 20.7 Å². The van der Waals surface area contributed by atoms with E-state index in [1.807, 2.05) is 31.1 Å². The van der Waals surface area contributed by atoms with E-state index in [2.05, 4.69) is 11.0 Å². The van der Waals surface area contributed by atoms with Crippen molar-refractivity contribution in [3.05, 3.63) is 23.8 Å². The first-order valence-electron chi connectivity index (χ1n) is 11.4. The molecule has 1 aromatic carbocycles. The van der Waals surface area contributed by atoms with Gasteiger partial charge in [0.1, 0.15) is 6.10 Å². The van der Waals surface area contributed by atoms with Crippen molar-refractivity contribution in [1.29, 1.82) is 0 Å². The number of likely N-dealkylation sites (tertiary alicyclic amines) is 1. The maximum Gasteiger partial charge on any atom is 0.320 e. The lowest BCUT2D eigenvalue weighted by atomic mass is 9.91. The minimum atomic E-state index is -0.136. The Bertz CT molecular complexity index is 711. The van der Waals surface area contributed by atoms with Crippen LogP contribution >= 0.6 is 0 Å². The summed E-state index contributed by atoms with van der Waals surface area (Å²) in [6.07, 6.45) is 6.70. The minimum Gasteiger partial charge on any atom is -0.493 e. The van der Waals surface area contributed by atoms with E-state index in [-0.39, 0.29) is 18.2 Å². The van der Waals surface area contributed by atoms with E-state index in [1.54, 1.807) is 14.2 Å². The average Bonchev–Trinajstić information content (AvgIpc) is 3.21. The van der Waals surface area contributed by atoms with Gasteiger partial charge in [0.05, 0.1) is 33.5 Å². The van der Waals surface area contributed by atoms with Crippen LogP contribution in [0.4, 0.5) is 0 Å². The summed E-state index contributed by atoms with van der Waals surface area (Å²) >= 11 is 0. The molecular formula is C24H38N2O5. The van der Waals surface area contributed by atoms with Gasteiger partial charge in [-0.15, -0.1) is 0 Å². The summed E-state index contributed by atoms with van der Waals surface area (Å²) in [5.74, 6) is 1.36. The Hall–Kier alpha value is -1.83. The molecule has 7 heteroatoms. The minimum absolute atomic E-state index is 0.00166. The number of ether oxygens (including phenoxy) is 4. The highest BCUT2D eigenvalue weighted by Gasteiger charge is 2.36. The van der Waals surface area contributed by atoms with Crippen molar-refractivity contribution < 1.29 is 23.7 Å². The van der Waals surface area contributed by atoms with Crippen LogP contribution in [0.3, 0.4) is 0 Å². The molecule has 2 fully saturated rings. The molecule has 1 aliphatic heterocycles. The number of nitrogens with zero attached hydrogens (tertiary/aromatic N) is 2. The standard InChI is InChI=1S/C24H38N2O5/c1-25(2)17-24(27)31-19-11-13-26(16-19)20-7-5-6-8-21(20)30-14-12-18-9-10-22(28-3)23(15-18)29-4/h9-10,15,19-21H,5-8,11-14,16-17H2,1-4H3/t19-,20-,21+/m0/s1.